The van der Waals surface area contributed by atoms with Gasteiger partial charge in [-0.1, -0.05) is 30.3 Å². The first-order chi connectivity index (χ1) is 11.1. The molecule has 0 spiro atoms. The van der Waals surface area contributed by atoms with Crippen molar-refractivity contribution >= 4 is 11.9 Å². The molecule has 2 rings (SSSR count). The Morgan fingerprint density at radius 1 is 1.30 bits per heavy atom. The highest BCUT2D eigenvalue weighted by atomic mass is 16.5. The minimum absolute atomic E-state index is 0.171. The number of esters is 1. The number of nitrogens with one attached hydrogen (secondary N) is 2. The zero-order chi connectivity index (χ0) is 16.7. The van der Waals surface area contributed by atoms with E-state index in [1.165, 1.54) is 7.11 Å². The van der Waals surface area contributed by atoms with Gasteiger partial charge < -0.3 is 20.1 Å². The Balaban J connectivity index is 2.10. The molecule has 1 heterocycles. The van der Waals surface area contributed by atoms with E-state index >= 15 is 0 Å². The van der Waals surface area contributed by atoms with E-state index in [1.807, 2.05) is 30.3 Å². The number of methoxy groups -OCH3 is 2. The van der Waals surface area contributed by atoms with Crippen LogP contribution in [0, 0.1) is 5.41 Å². The molecule has 2 atom stereocenters. The molecule has 1 aliphatic heterocycles. The van der Waals surface area contributed by atoms with Crippen LogP contribution in [0.4, 0.5) is 0 Å². The van der Waals surface area contributed by atoms with Gasteiger partial charge in [0.15, 0.2) is 0 Å². The van der Waals surface area contributed by atoms with Gasteiger partial charge in [0.2, 0.25) is 5.91 Å². The van der Waals surface area contributed by atoms with Crippen molar-refractivity contribution in [1.29, 1.82) is 0 Å². The summed E-state index contributed by atoms with van der Waals surface area (Å²) < 4.78 is 10.1. The quantitative estimate of drug-likeness (QED) is 0.716. The summed E-state index contributed by atoms with van der Waals surface area (Å²) in [6, 6.07) is 8.85. The summed E-state index contributed by atoms with van der Waals surface area (Å²) in [5, 5.41) is 6.04. The smallest absolute Gasteiger partial charge is 0.328 e. The first kappa shape index (κ1) is 17.4. The monoisotopic (exact) mass is 320 g/mol. The van der Waals surface area contributed by atoms with Gasteiger partial charge in [0.25, 0.3) is 0 Å². The number of rotatable bonds is 7. The molecule has 6 nitrogen and oxygen atoms in total. The Labute approximate surface area is 136 Å². The van der Waals surface area contributed by atoms with Crippen LogP contribution < -0.4 is 10.6 Å². The molecule has 126 valence electrons. The van der Waals surface area contributed by atoms with Crippen molar-refractivity contribution in [2.75, 3.05) is 33.9 Å². The van der Waals surface area contributed by atoms with Gasteiger partial charge >= 0.3 is 5.97 Å². The van der Waals surface area contributed by atoms with Crippen LogP contribution in [0.5, 0.6) is 0 Å². The van der Waals surface area contributed by atoms with Gasteiger partial charge in [-0.2, -0.15) is 0 Å². The number of ether oxygens (including phenoxy) is 2. The summed E-state index contributed by atoms with van der Waals surface area (Å²) in [5.74, 6) is -0.614. The van der Waals surface area contributed by atoms with Gasteiger partial charge in [-0.15, -0.1) is 0 Å². The molecule has 1 aliphatic rings. The Hall–Kier alpha value is -1.92. The Morgan fingerprint density at radius 3 is 2.61 bits per heavy atom. The topological polar surface area (TPSA) is 76.7 Å². The average molecular weight is 320 g/mol. The van der Waals surface area contributed by atoms with E-state index < -0.39 is 17.4 Å². The van der Waals surface area contributed by atoms with Crippen LogP contribution in [0.3, 0.4) is 0 Å². The molecular formula is C17H24N2O4. The molecular weight excluding hydrogens is 296 g/mol. The van der Waals surface area contributed by atoms with Gasteiger partial charge in [-0.25, -0.2) is 4.79 Å². The van der Waals surface area contributed by atoms with Crippen molar-refractivity contribution in [3.05, 3.63) is 35.9 Å². The largest absolute Gasteiger partial charge is 0.467 e. The van der Waals surface area contributed by atoms with Crippen LogP contribution in [-0.2, 0) is 25.5 Å². The Bertz CT molecular complexity index is 527. The molecule has 0 bridgehead atoms. The highest BCUT2D eigenvalue weighted by Crippen LogP contribution is 2.26. The number of benzene rings is 1. The lowest BCUT2D eigenvalue weighted by molar-refractivity contribution is -0.147. The molecule has 23 heavy (non-hydrogen) atoms. The van der Waals surface area contributed by atoms with E-state index in [2.05, 4.69) is 10.6 Å². The number of carbonyl (C=O) groups is 2. The number of carbonyl (C=O) groups excluding carboxylic acids is 2. The molecule has 1 saturated heterocycles. The lowest BCUT2D eigenvalue weighted by Crippen LogP contribution is -2.52. The van der Waals surface area contributed by atoms with Crippen LogP contribution in [0.2, 0.25) is 0 Å². The van der Waals surface area contributed by atoms with Gasteiger partial charge in [0.1, 0.15) is 6.04 Å². The third-order valence-corrected chi connectivity index (χ3v) is 4.22. The minimum atomic E-state index is -0.704. The maximum absolute atomic E-state index is 12.7. The van der Waals surface area contributed by atoms with E-state index in [0.717, 1.165) is 12.1 Å². The molecule has 1 aromatic carbocycles. The first-order valence-corrected chi connectivity index (χ1v) is 7.74. The Kier molecular flexibility index (Phi) is 6.12. The Morgan fingerprint density at radius 2 is 2.04 bits per heavy atom. The number of hydrogen-bond acceptors (Lipinski definition) is 5. The molecule has 0 saturated carbocycles. The number of hydrogen-bond donors (Lipinski definition) is 2. The maximum Gasteiger partial charge on any atom is 0.328 e. The van der Waals surface area contributed by atoms with E-state index in [9.17, 15) is 9.59 Å². The van der Waals surface area contributed by atoms with Crippen molar-refractivity contribution in [2.45, 2.75) is 18.9 Å². The summed E-state index contributed by atoms with van der Waals surface area (Å²) in [7, 11) is 2.91. The van der Waals surface area contributed by atoms with Crippen LogP contribution in [0.25, 0.3) is 0 Å². The van der Waals surface area contributed by atoms with Crippen molar-refractivity contribution in [3.8, 4) is 0 Å². The van der Waals surface area contributed by atoms with Crippen LogP contribution in [0.15, 0.2) is 30.3 Å². The molecule has 1 fully saturated rings. The normalized spacial score (nSPS) is 21.7. The lowest BCUT2D eigenvalue weighted by atomic mass is 9.86. The summed E-state index contributed by atoms with van der Waals surface area (Å²) >= 11 is 0. The lowest BCUT2D eigenvalue weighted by Gasteiger charge is -2.28. The molecule has 0 aliphatic carbocycles. The fourth-order valence-electron chi connectivity index (χ4n) is 2.90. The molecule has 1 amide bonds. The predicted octanol–water partition coefficient (Wildman–Crippen LogP) is 0.513. The second kappa shape index (κ2) is 8.08. The molecule has 6 heteroatoms. The van der Waals surface area contributed by atoms with Crippen molar-refractivity contribution in [2.24, 2.45) is 5.41 Å². The van der Waals surface area contributed by atoms with E-state index in [0.29, 0.717) is 26.0 Å². The third kappa shape index (κ3) is 4.30. The highest BCUT2D eigenvalue weighted by Gasteiger charge is 2.42. The summed E-state index contributed by atoms with van der Waals surface area (Å²) in [6.45, 7) is 1.63. The van der Waals surface area contributed by atoms with Gasteiger partial charge in [-0.05, 0) is 18.5 Å². The van der Waals surface area contributed by atoms with E-state index in [-0.39, 0.29) is 5.91 Å². The zero-order valence-electron chi connectivity index (χ0n) is 13.6. The molecule has 2 unspecified atom stereocenters. The van der Waals surface area contributed by atoms with Gasteiger partial charge in [-0.3, -0.25) is 4.79 Å². The molecule has 2 N–H and O–H groups in total. The zero-order valence-corrected chi connectivity index (χ0v) is 13.6. The average Bonchev–Trinajstić information content (AvgIpc) is 3.04. The highest BCUT2D eigenvalue weighted by molar-refractivity contribution is 5.88. The standard InChI is InChI=1S/C17H24N2O4/c1-22-12-17(8-9-18-11-17)16(21)19-14(15(20)23-2)10-13-6-4-3-5-7-13/h3-7,14,18H,8-12H2,1-2H3,(H,19,21). The minimum Gasteiger partial charge on any atom is -0.467 e. The second-order valence-corrected chi connectivity index (χ2v) is 5.88. The van der Waals surface area contributed by atoms with E-state index in [4.69, 9.17) is 9.47 Å². The van der Waals surface area contributed by atoms with Crippen molar-refractivity contribution in [3.63, 3.8) is 0 Å². The maximum atomic E-state index is 12.7. The third-order valence-electron chi connectivity index (χ3n) is 4.22. The number of amides is 1. The van der Waals surface area contributed by atoms with Crippen LogP contribution in [-0.4, -0.2) is 51.8 Å². The fraction of sp³-hybridized carbons (Fsp3) is 0.529. The van der Waals surface area contributed by atoms with E-state index in [1.54, 1.807) is 7.11 Å². The van der Waals surface area contributed by atoms with Crippen molar-refractivity contribution in [1.82, 2.24) is 10.6 Å². The fourth-order valence-corrected chi connectivity index (χ4v) is 2.90. The summed E-state index contributed by atoms with van der Waals surface area (Å²) in [5.41, 5.74) is 0.339. The molecule has 0 radical (unpaired) electrons. The summed E-state index contributed by atoms with van der Waals surface area (Å²) in [6.07, 6.45) is 1.08. The van der Waals surface area contributed by atoms with Gasteiger partial charge in [0, 0.05) is 20.1 Å². The van der Waals surface area contributed by atoms with Crippen LogP contribution in [0.1, 0.15) is 12.0 Å². The van der Waals surface area contributed by atoms with Crippen molar-refractivity contribution < 1.29 is 19.1 Å². The van der Waals surface area contributed by atoms with Gasteiger partial charge in [0.05, 0.1) is 19.1 Å². The van der Waals surface area contributed by atoms with Crippen LogP contribution >= 0.6 is 0 Å². The second-order valence-electron chi connectivity index (χ2n) is 5.88. The predicted molar refractivity (Wildman–Crippen MR) is 85.9 cm³/mol. The summed E-state index contributed by atoms with van der Waals surface area (Å²) in [4.78, 5) is 24.8. The molecule has 0 aromatic heterocycles. The SMILES string of the molecule is COCC1(C(=O)NC(Cc2ccccc2)C(=O)OC)CCNC1. The molecule has 1 aromatic rings. The first-order valence-electron chi connectivity index (χ1n) is 7.74.